The van der Waals surface area contributed by atoms with Gasteiger partial charge in [0.05, 0.1) is 5.41 Å². The first-order valence-corrected chi connectivity index (χ1v) is 6.59. The van der Waals surface area contributed by atoms with Crippen molar-refractivity contribution in [1.82, 2.24) is 5.48 Å². The first kappa shape index (κ1) is 16.8. The third-order valence-electron chi connectivity index (χ3n) is 2.43. The lowest BCUT2D eigenvalue weighted by atomic mass is 9.98. The summed E-state index contributed by atoms with van der Waals surface area (Å²) in [5.74, 6) is -0.466. The highest BCUT2D eigenvalue weighted by atomic mass is 16.7. The molecule has 5 heteroatoms. The highest BCUT2D eigenvalue weighted by Crippen LogP contribution is 2.16. The van der Waals surface area contributed by atoms with Gasteiger partial charge in [0, 0.05) is 5.56 Å². The van der Waals surface area contributed by atoms with E-state index in [9.17, 15) is 9.59 Å². The molecule has 0 aliphatic heterocycles. The standard InChI is InChI=1S/C16H21NO4/c1-11(2)10-20-13-8-6-7-12(9-13)14(18)17-21-15(19)16(3,4)5/h6-9H,1,10H2,2-5H3,(H,17,18). The molecule has 0 aliphatic rings. The summed E-state index contributed by atoms with van der Waals surface area (Å²) in [5.41, 5.74) is 2.68. The van der Waals surface area contributed by atoms with Crippen molar-refractivity contribution in [2.75, 3.05) is 6.61 Å². The molecule has 1 N–H and O–H groups in total. The lowest BCUT2D eigenvalue weighted by molar-refractivity contribution is -0.158. The molecule has 0 saturated carbocycles. The van der Waals surface area contributed by atoms with E-state index < -0.39 is 17.3 Å². The second-order valence-electron chi connectivity index (χ2n) is 5.84. The second-order valence-corrected chi connectivity index (χ2v) is 5.84. The number of rotatable bonds is 4. The van der Waals surface area contributed by atoms with Crippen LogP contribution in [0.3, 0.4) is 0 Å². The molecule has 21 heavy (non-hydrogen) atoms. The molecule has 1 amide bonds. The van der Waals surface area contributed by atoms with Crippen molar-refractivity contribution >= 4 is 11.9 Å². The summed E-state index contributed by atoms with van der Waals surface area (Å²) >= 11 is 0. The van der Waals surface area contributed by atoms with Crippen molar-refractivity contribution in [1.29, 1.82) is 0 Å². The van der Waals surface area contributed by atoms with Gasteiger partial charge in [-0.1, -0.05) is 12.6 Å². The van der Waals surface area contributed by atoms with Crippen LogP contribution in [0.25, 0.3) is 0 Å². The second kappa shape index (κ2) is 6.92. The van der Waals surface area contributed by atoms with Crippen LogP contribution in [-0.2, 0) is 9.63 Å². The largest absolute Gasteiger partial charge is 0.489 e. The van der Waals surface area contributed by atoms with Crippen LogP contribution in [0.5, 0.6) is 5.75 Å². The van der Waals surface area contributed by atoms with Crippen LogP contribution in [0.1, 0.15) is 38.1 Å². The Morgan fingerprint density at radius 3 is 2.52 bits per heavy atom. The summed E-state index contributed by atoms with van der Waals surface area (Å²) in [7, 11) is 0. The van der Waals surface area contributed by atoms with Gasteiger partial charge in [-0.15, -0.1) is 0 Å². The van der Waals surface area contributed by atoms with Gasteiger partial charge in [-0.05, 0) is 51.5 Å². The molecule has 0 unspecified atom stereocenters. The van der Waals surface area contributed by atoms with Gasteiger partial charge in [-0.2, -0.15) is 5.48 Å². The average molecular weight is 291 g/mol. The van der Waals surface area contributed by atoms with Crippen molar-refractivity contribution in [2.24, 2.45) is 5.41 Å². The van der Waals surface area contributed by atoms with E-state index in [2.05, 4.69) is 12.1 Å². The number of hydrogen-bond acceptors (Lipinski definition) is 4. The predicted octanol–water partition coefficient (Wildman–Crippen LogP) is 2.88. The SMILES string of the molecule is C=C(C)COc1cccc(C(=O)NOC(=O)C(C)(C)C)c1. The Balaban J connectivity index is 2.64. The van der Waals surface area contributed by atoms with E-state index in [-0.39, 0.29) is 0 Å². The molecule has 0 aliphatic carbocycles. The Morgan fingerprint density at radius 2 is 1.95 bits per heavy atom. The van der Waals surface area contributed by atoms with E-state index in [4.69, 9.17) is 9.57 Å². The molecule has 0 spiro atoms. The zero-order chi connectivity index (χ0) is 16.0. The summed E-state index contributed by atoms with van der Waals surface area (Å²) in [4.78, 5) is 28.2. The van der Waals surface area contributed by atoms with Gasteiger partial charge in [0.2, 0.25) is 0 Å². The summed E-state index contributed by atoms with van der Waals surface area (Å²) in [6, 6.07) is 6.60. The lowest BCUT2D eigenvalue weighted by Gasteiger charge is -2.16. The summed E-state index contributed by atoms with van der Waals surface area (Å²) in [6.07, 6.45) is 0. The first-order valence-electron chi connectivity index (χ1n) is 6.59. The molecule has 5 nitrogen and oxygen atoms in total. The van der Waals surface area contributed by atoms with E-state index in [0.29, 0.717) is 17.9 Å². The van der Waals surface area contributed by atoms with Crippen molar-refractivity contribution in [3.8, 4) is 5.75 Å². The molecule has 0 heterocycles. The van der Waals surface area contributed by atoms with Gasteiger partial charge in [0.15, 0.2) is 0 Å². The van der Waals surface area contributed by atoms with Crippen LogP contribution < -0.4 is 10.2 Å². The topological polar surface area (TPSA) is 64.6 Å². The van der Waals surface area contributed by atoms with Crippen LogP contribution in [0.15, 0.2) is 36.4 Å². The summed E-state index contributed by atoms with van der Waals surface area (Å²) < 4.78 is 5.45. The molecule has 0 radical (unpaired) electrons. The number of ether oxygens (including phenoxy) is 1. The number of nitrogens with one attached hydrogen (secondary N) is 1. The molecule has 0 atom stereocenters. The van der Waals surface area contributed by atoms with E-state index >= 15 is 0 Å². The monoisotopic (exact) mass is 291 g/mol. The Labute approximate surface area is 124 Å². The summed E-state index contributed by atoms with van der Waals surface area (Å²) in [6.45, 7) is 11.1. The minimum atomic E-state index is -0.681. The van der Waals surface area contributed by atoms with Crippen molar-refractivity contribution < 1.29 is 19.2 Å². The fourth-order valence-corrected chi connectivity index (χ4v) is 1.24. The molecule has 1 rings (SSSR count). The zero-order valence-electron chi connectivity index (χ0n) is 12.9. The van der Waals surface area contributed by atoms with Crippen LogP contribution in [0.4, 0.5) is 0 Å². The number of carbonyl (C=O) groups excluding carboxylic acids is 2. The Morgan fingerprint density at radius 1 is 1.29 bits per heavy atom. The van der Waals surface area contributed by atoms with Crippen LogP contribution >= 0.6 is 0 Å². The first-order chi connectivity index (χ1) is 9.70. The molecular weight excluding hydrogens is 270 g/mol. The van der Waals surface area contributed by atoms with Crippen molar-refractivity contribution in [2.45, 2.75) is 27.7 Å². The average Bonchev–Trinajstić information content (AvgIpc) is 2.41. The highest BCUT2D eigenvalue weighted by Gasteiger charge is 2.24. The number of amides is 1. The normalized spacial score (nSPS) is 10.7. The van der Waals surface area contributed by atoms with Crippen LogP contribution in [0.2, 0.25) is 0 Å². The molecule has 0 aromatic heterocycles. The smallest absolute Gasteiger partial charge is 0.337 e. The van der Waals surface area contributed by atoms with Crippen molar-refractivity contribution in [3.63, 3.8) is 0 Å². The maximum Gasteiger partial charge on any atom is 0.337 e. The molecule has 114 valence electrons. The minimum Gasteiger partial charge on any atom is -0.489 e. The molecule has 0 saturated heterocycles. The van der Waals surface area contributed by atoms with E-state index in [1.54, 1.807) is 45.0 Å². The van der Waals surface area contributed by atoms with Crippen LogP contribution in [0, 0.1) is 5.41 Å². The van der Waals surface area contributed by atoms with E-state index in [0.717, 1.165) is 5.57 Å². The number of hydroxylamine groups is 1. The fourth-order valence-electron chi connectivity index (χ4n) is 1.24. The third-order valence-corrected chi connectivity index (χ3v) is 2.43. The van der Waals surface area contributed by atoms with Gasteiger partial charge in [0.25, 0.3) is 5.91 Å². The quantitative estimate of drug-likeness (QED) is 0.684. The maximum atomic E-state index is 11.9. The minimum absolute atomic E-state index is 0.343. The zero-order valence-corrected chi connectivity index (χ0v) is 12.9. The molecule has 0 bridgehead atoms. The molecule has 1 aromatic rings. The van der Waals surface area contributed by atoms with Gasteiger partial charge in [0.1, 0.15) is 12.4 Å². The van der Waals surface area contributed by atoms with Crippen LogP contribution in [-0.4, -0.2) is 18.5 Å². The van der Waals surface area contributed by atoms with E-state index in [1.165, 1.54) is 0 Å². The molecule has 1 aromatic carbocycles. The fraction of sp³-hybridized carbons (Fsp3) is 0.375. The maximum absolute atomic E-state index is 11.9. The van der Waals surface area contributed by atoms with Gasteiger partial charge < -0.3 is 9.57 Å². The van der Waals surface area contributed by atoms with Gasteiger partial charge >= 0.3 is 5.97 Å². The summed E-state index contributed by atoms with van der Waals surface area (Å²) in [5, 5.41) is 0. The van der Waals surface area contributed by atoms with E-state index in [1.807, 2.05) is 6.92 Å². The molecule has 0 fully saturated rings. The lowest BCUT2D eigenvalue weighted by Crippen LogP contribution is -2.33. The number of benzene rings is 1. The molecular formula is C16H21NO4. The predicted molar refractivity (Wildman–Crippen MR) is 79.8 cm³/mol. The van der Waals surface area contributed by atoms with Crippen molar-refractivity contribution in [3.05, 3.63) is 42.0 Å². The van der Waals surface area contributed by atoms with Gasteiger partial charge in [-0.3, -0.25) is 4.79 Å². The Bertz CT molecular complexity index is 543. The Hall–Kier alpha value is -2.30. The number of hydrogen-bond donors (Lipinski definition) is 1. The third kappa shape index (κ3) is 5.69. The van der Waals surface area contributed by atoms with Gasteiger partial charge in [-0.25, -0.2) is 4.79 Å². The Kier molecular flexibility index (Phi) is 5.52. The highest BCUT2D eigenvalue weighted by molar-refractivity contribution is 5.94. The number of carbonyl (C=O) groups is 2.